The zero-order chi connectivity index (χ0) is 17.1. The third-order valence-corrected chi connectivity index (χ3v) is 4.33. The standard InChI is InChI=1S/C19H18N4O2/c24-19(16-9-14-5-1-2-7-17(14)25-11-16)20-10-13-4-3-6-15(8-13)18-21-12-22-23-18/h1-8,12,16H,9-11H2,(H,20,24)(H,21,22,23)/t16-/m0/s1. The second-order valence-corrected chi connectivity index (χ2v) is 6.07. The maximum atomic E-state index is 12.5. The molecule has 0 saturated carbocycles. The molecule has 1 amide bonds. The number of ether oxygens (including phenoxy) is 1. The van der Waals surface area contributed by atoms with Crippen molar-refractivity contribution in [2.75, 3.05) is 6.61 Å². The fourth-order valence-electron chi connectivity index (χ4n) is 3.00. The van der Waals surface area contributed by atoms with Gasteiger partial charge in [0.2, 0.25) is 5.91 Å². The monoisotopic (exact) mass is 334 g/mol. The first-order chi connectivity index (χ1) is 12.3. The van der Waals surface area contributed by atoms with Gasteiger partial charge in [-0.05, 0) is 29.7 Å². The summed E-state index contributed by atoms with van der Waals surface area (Å²) in [5.41, 5.74) is 3.04. The Kier molecular flexibility index (Phi) is 4.16. The maximum Gasteiger partial charge on any atom is 0.227 e. The number of nitrogens with one attached hydrogen (secondary N) is 2. The van der Waals surface area contributed by atoms with Gasteiger partial charge < -0.3 is 10.1 Å². The summed E-state index contributed by atoms with van der Waals surface area (Å²) in [6.07, 6.45) is 2.19. The Bertz CT molecular complexity index is 877. The van der Waals surface area contributed by atoms with E-state index in [1.165, 1.54) is 6.33 Å². The number of amides is 1. The lowest BCUT2D eigenvalue weighted by atomic mass is 9.96. The van der Waals surface area contributed by atoms with E-state index in [1.54, 1.807) is 0 Å². The van der Waals surface area contributed by atoms with Crippen LogP contribution in [-0.2, 0) is 17.8 Å². The Hall–Kier alpha value is -3.15. The van der Waals surface area contributed by atoms with Crippen LogP contribution in [0.25, 0.3) is 11.4 Å². The van der Waals surface area contributed by atoms with E-state index in [2.05, 4.69) is 20.5 Å². The molecule has 1 aliphatic rings. The predicted molar refractivity (Wildman–Crippen MR) is 92.8 cm³/mol. The highest BCUT2D eigenvalue weighted by atomic mass is 16.5. The second kappa shape index (κ2) is 6.76. The van der Waals surface area contributed by atoms with Crippen LogP contribution < -0.4 is 10.1 Å². The summed E-state index contributed by atoms with van der Waals surface area (Å²) in [6.45, 7) is 0.889. The Morgan fingerprint density at radius 1 is 1.24 bits per heavy atom. The number of carbonyl (C=O) groups excluding carboxylic acids is 1. The van der Waals surface area contributed by atoms with E-state index in [0.29, 0.717) is 25.4 Å². The van der Waals surface area contributed by atoms with Crippen molar-refractivity contribution in [3.05, 3.63) is 66.0 Å². The van der Waals surface area contributed by atoms with Crippen molar-refractivity contribution in [1.29, 1.82) is 0 Å². The molecule has 0 bridgehead atoms. The van der Waals surface area contributed by atoms with Gasteiger partial charge in [-0.1, -0.05) is 36.4 Å². The number of hydrogen-bond donors (Lipinski definition) is 2. The summed E-state index contributed by atoms with van der Waals surface area (Å²) in [5.74, 6) is 1.45. The molecule has 1 atom stereocenters. The van der Waals surface area contributed by atoms with Crippen LogP contribution in [0.15, 0.2) is 54.9 Å². The highest BCUT2D eigenvalue weighted by molar-refractivity contribution is 5.79. The number of carbonyl (C=O) groups is 1. The Morgan fingerprint density at radius 2 is 2.16 bits per heavy atom. The van der Waals surface area contributed by atoms with Gasteiger partial charge in [0.15, 0.2) is 5.82 Å². The van der Waals surface area contributed by atoms with Crippen LogP contribution in [0.3, 0.4) is 0 Å². The predicted octanol–water partition coefficient (Wildman–Crippen LogP) is 2.34. The van der Waals surface area contributed by atoms with Gasteiger partial charge in [0, 0.05) is 12.1 Å². The molecular formula is C19H18N4O2. The summed E-state index contributed by atoms with van der Waals surface area (Å²) in [6, 6.07) is 15.7. The number of aromatic amines is 1. The zero-order valence-electron chi connectivity index (χ0n) is 13.6. The minimum absolute atomic E-state index is 0.0135. The Balaban J connectivity index is 1.39. The molecular weight excluding hydrogens is 316 g/mol. The van der Waals surface area contributed by atoms with E-state index in [1.807, 2.05) is 48.5 Å². The third-order valence-electron chi connectivity index (χ3n) is 4.33. The first-order valence-corrected chi connectivity index (χ1v) is 8.23. The van der Waals surface area contributed by atoms with Crippen LogP contribution in [0, 0.1) is 5.92 Å². The van der Waals surface area contributed by atoms with E-state index in [9.17, 15) is 4.79 Å². The van der Waals surface area contributed by atoms with Crippen molar-refractivity contribution in [2.24, 2.45) is 5.92 Å². The molecule has 4 rings (SSSR count). The van der Waals surface area contributed by atoms with Crippen molar-refractivity contribution >= 4 is 5.91 Å². The number of fused-ring (bicyclic) bond motifs is 1. The van der Waals surface area contributed by atoms with E-state index in [-0.39, 0.29) is 11.8 Å². The Labute approximate surface area is 145 Å². The normalized spacial score (nSPS) is 15.9. The lowest BCUT2D eigenvalue weighted by molar-refractivity contribution is -0.126. The molecule has 2 heterocycles. The van der Waals surface area contributed by atoms with Gasteiger partial charge in [-0.3, -0.25) is 9.89 Å². The average Bonchev–Trinajstić information content (AvgIpc) is 3.21. The molecule has 126 valence electrons. The molecule has 0 radical (unpaired) electrons. The van der Waals surface area contributed by atoms with Gasteiger partial charge in [-0.15, -0.1) is 0 Å². The number of para-hydroxylation sites is 1. The van der Waals surface area contributed by atoms with Crippen LogP contribution in [-0.4, -0.2) is 27.7 Å². The number of hydrogen-bond acceptors (Lipinski definition) is 4. The molecule has 0 aliphatic carbocycles. The van der Waals surface area contributed by atoms with Gasteiger partial charge in [-0.25, -0.2) is 4.98 Å². The number of aromatic nitrogens is 3. The first kappa shape index (κ1) is 15.4. The SMILES string of the molecule is O=C(NCc1cccc(-c2ncn[nH]2)c1)[C@@H]1COc2ccccc2C1. The highest BCUT2D eigenvalue weighted by Crippen LogP contribution is 2.26. The van der Waals surface area contributed by atoms with E-state index in [0.717, 1.165) is 22.4 Å². The molecule has 6 nitrogen and oxygen atoms in total. The number of H-pyrrole nitrogens is 1. The first-order valence-electron chi connectivity index (χ1n) is 8.23. The number of rotatable bonds is 4. The van der Waals surface area contributed by atoms with Crippen molar-refractivity contribution < 1.29 is 9.53 Å². The fraction of sp³-hybridized carbons (Fsp3) is 0.211. The van der Waals surface area contributed by atoms with Gasteiger partial charge >= 0.3 is 0 Å². The molecule has 0 saturated heterocycles. The molecule has 3 aromatic rings. The molecule has 0 unspecified atom stereocenters. The van der Waals surface area contributed by atoms with Gasteiger partial charge in [0.05, 0.1) is 5.92 Å². The third kappa shape index (κ3) is 3.38. The van der Waals surface area contributed by atoms with Crippen molar-refractivity contribution in [3.8, 4) is 17.1 Å². The minimum Gasteiger partial charge on any atom is -0.492 e. The summed E-state index contributed by atoms with van der Waals surface area (Å²) < 4.78 is 5.70. The van der Waals surface area contributed by atoms with E-state index in [4.69, 9.17) is 4.74 Å². The molecule has 1 aliphatic heterocycles. The Morgan fingerprint density at radius 3 is 3.04 bits per heavy atom. The number of nitrogens with zero attached hydrogens (tertiary/aromatic N) is 2. The van der Waals surface area contributed by atoms with E-state index >= 15 is 0 Å². The van der Waals surface area contributed by atoms with Crippen LogP contribution in [0.2, 0.25) is 0 Å². The second-order valence-electron chi connectivity index (χ2n) is 6.07. The van der Waals surface area contributed by atoms with Crippen LogP contribution in [0.1, 0.15) is 11.1 Å². The van der Waals surface area contributed by atoms with Crippen molar-refractivity contribution in [2.45, 2.75) is 13.0 Å². The lowest BCUT2D eigenvalue weighted by Gasteiger charge is -2.24. The quantitative estimate of drug-likeness (QED) is 0.767. The zero-order valence-corrected chi connectivity index (χ0v) is 13.6. The smallest absolute Gasteiger partial charge is 0.227 e. The van der Waals surface area contributed by atoms with Gasteiger partial charge in [0.1, 0.15) is 18.7 Å². The molecule has 2 N–H and O–H groups in total. The van der Waals surface area contributed by atoms with Gasteiger partial charge in [-0.2, -0.15) is 5.10 Å². The summed E-state index contributed by atoms with van der Waals surface area (Å²) in [4.78, 5) is 16.6. The minimum atomic E-state index is -0.160. The maximum absolute atomic E-state index is 12.5. The van der Waals surface area contributed by atoms with Crippen LogP contribution >= 0.6 is 0 Å². The number of benzene rings is 2. The molecule has 25 heavy (non-hydrogen) atoms. The topological polar surface area (TPSA) is 79.9 Å². The molecule has 1 aromatic heterocycles. The summed E-state index contributed by atoms with van der Waals surface area (Å²) in [7, 11) is 0. The molecule has 0 fully saturated rings. The lowest BCUT2D eigenvalue weighted by Crippen LogP contribution is -2.37. The van der Waals surface area contributed by atoms with E-state index < -0.39 is 0 Å². The van der Waals surface area contributed by atoms with Crippen molar-refractivity contribution in [1.82, 2.24) is 20.5 Å². The van der Waals surface area contributed by atoms with Crippen LogP contribution in [0.4, 0.5) is 0 Å². The van der Waals surface area contributed by atoms with Crippen molar-refractivity contribution in [3.63, 3.8) is 0 Å². The fourth-order valence-corrected chi connectivity index (χ4v) is 3.00. The largest absolute Gasteiger partial charge is 0.492 e. The summed E-state index contributed by atoms with van der Waals surface area (Å²) in [5, 5.41) is 9.71. The highest BCUT2D eigenvalue weighted by Gasteiger charge is 2.25. The summed E-state index contributed by atoms with van der Waals surface area (Å²) >= 11 is 0. The molecule has 6 heteroatoms. The molecule has 2 aromatic carbocycles. The molecule has 0 spiro atoms. The average molecular weight is 334 g/mol. The van der Waals surface area contributed by atoms with Gasteiger partial charge in [0.25, 0.3) is 0 Å². The van der Waals surface area contributed by atoms with Crippen LogP contribution in [0.5, 0.6) is 5.75 Å².